The highest BCUT2D eigenvalue weighted by atomic mass is 32.2. The fourth-order valence-electron chi connectivity index (χ4n) is 5.97. The third-order valence-electron chi connectivity index (χ3n) is 9.35. The van der Waals surface area contributed by atoms with Gasteiger partial charge in [-0.2, -0.15) is 30.6 Å². The van der Waals surface area contributed by atoms with E-state index in [0.29, 0.717) is 45.3 Å². The number of amides is 1. The van der Waals surface area contributed by atoms with E-state index in [0.717, 1.165) is 15.9 Å². The van der Waals surface area contributed by atoms with Crippen molar-refractivity contribution in [2.75, 3.05) is 96.7 Å². The molecule has 0 spiro atoms. The van der Waals surface area contributed by atoms with E-state index in [1.165, 1.54) is 74.0 Å². The fourth-order valence-corrected chi connectivity index (χ4v) is 7.29. The molecule has 4 aromatic carbocycles. The van der Waals surface area contributed by atoms with E-state index in [4.69, 9.17) is 40.6 Å². The number of hydrogen-bond donors (Lipinski definition) is 12. The highest BCUT2D eigenvalue weighted by molar-refractivity contribution is 7.86. The summed E-state index contributed by atoms with van der Waals surface area (Å²) in [6.45, 7) is 4.23. The molecule has 5 aromatic rings. The van der Waals surface area contributed by atoms with Crippen molar-refractivity contribution in [1.29, 1.82) is 5.26 Å². The van der Waals surface area contributed by atoms with Crippen molar-refractivity contribution in [3.05, 3.63) is 78.4 Å². The van der Waals surface area contributed by atoms with Crippen molar-refractivity contribution in [1.82, 2.24) is 9.97 Å². The average Bonchev–Trinajstić information content (AvgIpc) is 3.31. The van der Waals surface area contributed by atoms with Crippen LogP contribution >= 0.6 is 0 Å². The van der Waals surface area contributed by atoms with Crippen LogP contribution in [-0.4, -0.2) is 169 Å². The molecule has 378 valence electrons. The van der Waals surface area contributed by atoms with Gasteiger partial charge in [0, 0.05) is 17.0 Å². The lowest BCUT2D eigenvalue weighted by molar-refractivity contribution is -0.901. The first-order valence-electron chi connectivity index (χ1n) is 20.6. The van der Waals surface area contributed by atoms with Gasteiger partial charge in [0.2, 0.25) is 23.4 Å². The average molecular weight is 1020 g/mol. The summed E-state index contributed by atoms with van der Waals surface area (Å²) in [6.07, 6.45) is 1.54. The number of aliphatic hydroxyl groups excluding tert-OH is 6. The minimum atomic E-state index is -5.18. The molecule has 0 bridgehead atoms. The zero-order valence-corrected chi connectivity index (χ0v) is 38.8. The maximum Gasteiger partial charge on any atom is 0.255 e. The van der Waals surface area contributed by atoms with Crippen LogP contribution < -0.4 is 25.2 Å². The number of hydrogen-bond acceptors (Lipinski definition) is 24. The summed E-state index contributed by atoms with van der Waals surface area (Å²) < 4.78 is 75.2. The second kappa shape index (κ2) is 28.5. The summed E-state index contributed by atoms with van der Waals surface area (Å²) in [5, 5.41) is 99.8. The third-order valence-corrected chi connectivity index (χ3v) is 11.0. The Morgan fingerprint density at radius 3 is 1.60 bits per heavy atom. The van der Waals surface area contributed by atoms with Gasteiger partial charge in [0.15, 0.2) is 6.19 Å². The predicted octanol–water partition coefficient (Wildman–Crippen LogP) is -1.47. The number of aromatic nitrogens is 2. The molecule has 0 atom stereocenters. The van der Waals surface area contributed by atoms with Crippen LogP contribution in [0.4, 0.5) is 34.4 Å². The smallest absolute Gasteiger partial charge is 0.255 e. The lowest BCUT2D eigenvalue weighted by Gasteiger charge is -2.15. The molecular formula is C41H51N11O16S2. The molecule has 27 nitrogen and oxygen atoms in total. The summed E-state index contributed by atoms with van der Waals surface area (Å²) in [5.74, 6) is -2.13. The molecule has 0 unspecified atom stereocenters. The second-order valence-corrected chi connectivity index (χ2v) is 16.9. The highest BCUT2D eigenvalue weighted by Gasteiger charge is 2.16. The number of aromatic hydroxyl groups is 2. The van der Waals surface area contributed by atoms with Crippen molar-refractivity contribution in [2.24, 2.45) is 20.5 Å². The number of methoxy groups -OCH3 is 1. The first-order valence-corrected chi connectivity index (χ1v) is 23.4. The molecule has 0 aliphatic heterocycles. The lowest BCUT2D eigenvalue weighted by Crippen LogP contribution is -3.13. The van der Waals surface area contributed by atoms with Gasteiger partial charge < -0.3 is 69.8 Å². The molecule has 12 N–H and O–H groups in total. The molecule has 0 fully saturated rings. The Kier molecular flexibility index (Phi) is 23.4. The number of carbonyl (C=O) groups is 1. The van der Waals surface area contributed by atoms with Crippen LogP contribution in [0.2, 0.25) is 0 Å². The molecule has 0 aliphatic carbocycles. The molecule has 1 aromatic heterocycles. The first kappa shape index (κ1) is 57.4. The Balaban J connectivity index is 0.000000540. The Morgan fingerprint density at radius 1 is 0.671 bits per heavy atom. The van der Waals surface area contributed by atoms with Gasteiger partial charge in [0.05, 0.1) is 79.3 Å². The van der Waals surface area contributed by atoms with E-state index in [1.54, 1.807) is 0 Å². The van der Waals surface area contributed by atoms with E-state index >= 15 is 0 Å². The second-order valence-electron chi connectivity index (χ2n) is 14.1. The number of carbonyl (C=O) groups excluding carboxylic acids is 1. The van der Waals surface area contributed by atoms with Gasteiger partial charge >= 0.3 is 0 Å². The topological polar surface area (TPSA) is 434 Å². The number of nitrogens with one attached hydrogen (secondary N) is 4. The number of quaternary nitrogens is 2. The van der Waals surface area contributed by atoms with Crippen molar-refractivity contribution < 1.29 is 86.1 Å². The number of nitrogens with zero attached hydrogens (tertiary/aromatic N) is 7. The third kappa shape index (κ3) is 18.2. The van der Waals surface area contributed by atoms with E-state index in [1.807, 2.05) is 0 Å². The maximum atomic E-state index is 12.9. The number of nitriles is 1. The number of anilines is 2. The Bertz CT molecular complexity index is 2770. The van der Waals surface area contributed by atoms with Gasteiger partial charge in [-0.15, -0.1) is 5.11 Å². The molecular weight excluding hydrogens is 967 g/mol. The van der Waals surface area contributed by atoms with E-state index in [-0.39, 0.29) is 90.4 Å². The van der Waals surface area contributed by atoms with Crippen LogP contribution in [0.3, 0.4) is 0 Å². The van der Waals surface area contributed by atoms with Gasteiger partial charge in [-0.25, -0.2) is 16.8 Å². The van der Waals surface area contributed by atoms with E-state index < -0.39 is 53.4 Å². The summed E-state index contributed by atoms with van der Waals surface area (Å²) in [6, 6.07) is 15.4. The Morgan fingerprint density at radius 2 is 1.14 bits per heavy atom. The van der Waals surface area contributed by atoms with E-state index in [9.17, 15) is 40.9 Å². The van der Waals surface area contributed by atoms with Crippen LogP contribution in [0.15, 0.2) is 103 Å². The minimum absolute atomic E-state index is 0.00366. The van der Waals surface area contributed by atoms with E-state index in [2.05, 4.69) is 41.1 Å². The van der Waals surface area contributed by atoms with Gasteiger partial charge in [-0.1, -0.05) is 6.07 Å². The number of azo groups is 2. The molecule has 70 heavy (non-hydrogen) atoms. The summed E-state index contributed by atoms with van der Waals surface area (Å²) in [4.78, 5) is 20.3. The molecule has 0 saturated heterocycles. The first-order chi connectivity index (χ1) is 33.3. The molecule has 1 amide bonds. The van der Waals surface area contributed by atoms with Gasteiger partial charge in [0.25, 0.3) is 5.91 Å². The van der Waals surface area contributed by atoms with Crippen molar-refractivity contribution in [2.45, 2.75) is 9.79 Å². The van der Waals surface area contributed by atoms with Crippen LogP contribution in [0, 0.1) is 11.5 Å². The number of rotatable bonds is 22. The molecule has 29 heteroatoms. The van der Waals surface area contributed by atoms with Crippen LogP contribution in [0.25, 0.3) is 10.8 Å². The Labute approximate surface area is 400 Å². The quantitative estimate of drug-likeness (QED) is 0.0163. The maximum absolute atomic E-state index is 12.9. The molecule has 1 heterocycles. The number of benzene rings is 4. The number of fused-ring (bicyclic) bond motifs is 1. The summed E-state index contributed by atoms with van der Waals surface area (Å²) >= 11 is 0. The number of aliphatic hydroxyl groups is 6. The zero-order chi connectivity index (χ0) is 51.9. The zero-order valence-electron chi connectivity index (χ0n) is 37.2. The van der Waals surface area contributed by atoms with Crippen LogP contribution in [-0.2, 0) is 20.2 Å². The SMILES string of the molecule is COc1cc(N=Nc2ccc3cc(S(=O)(=O)[O-])cc(S(=O)(=O)[O-])c3c2)ccc1NC(=O)c1ccc(N=Nc2c(O)nc(NC#N)nc2O)cc1.OCC[NH+](CCO)CCO.OCC[NH+](CCO)CCO. The summed E-state index contributed by atoms with van der Waals surface area (Å²) in [7, 11) is -8.88. The van der Waals surface area contributed by atoms with Crippen molar-refractivity contribution in [3.63, 3.8) is 0 Å². The lowest BCUT2D eigenvalue weighted by atomic mass is 10.1. The highest BCUT2D eigenvalue weighted by Crippen LogP contribution is 2.36. The monoisotopic (exact) mass is 1020 g/mol. The minimum Gasteiger partial charge on any atom is -0.744 e. The largest absolute Gasteiger partial charge is 0.744 e. The van der Waals surface area contributed by atoms with Gasteiger partial charge in [-0.3, -0.25) is 10.1 Å². The van der Waals surface area contributed by atoms with Crippen LogP contribution in [0.1, 0.15) is 10.4 Å². The fraction of sp³-hybridized carbons (Fsp3) is 0.317. The summed E-state index contributed by atoms with van der Waals surface area (Å²) in [5.41, 5.74) is 0.613. The van der Waals surface area contributed by atoms with Crippen molar-refractivity contribution >= 4 is 71.3 Å². The van der Waals surface area contributed by atoms with Gasteiger partial charge in [0.1, 0.15) is 65.3 Å². The van der Waals surface area contributed by atoms with Gasteiger partial charge in [-0.05, 0) is 66.0 Å². The molecule has 0 saturated carbocycles. The van der Waals surface area contributed by atoms with Crippen molar-refractivity contribution in [3.8, 4) is 23.7 Å². The van der Waals surface area contributed by atoms with Crippen LogP contribution in [0.5, 0.6) is 17.5 Å². The molecule has 0 aliphatic rings. The normalized spacial score (nSPS) is 11.6. The molecule has 0 radical (unpaired) electrons. The molecule has 5 rings (SSSR count). The number of ether oxygens (including phenoxy) is 1. The standard InChI is InChI=1S/C29H21N9O10S2.2C6H15NO3/c1-48-23-12-19(37-36-18-7-4-16-10-20(49(42,43)44)13-24(21(16)11-18)50(45,46)47)8-9-22(23)32-26(39)15-2-5-17(6-3-15)35-38-25-27(40)33-29(31-14-30)34-28(25)41;2*8-4-1-7(2-5-9)3-6-10/h2-13H,1H3,(H,32,39)(H,42,43,44)(H,45,46,47)(H3,31,33,34,40,41);2*8-10H,1-6H2. The Hall–Kier alpha value is -6.92. The predicted molar refractivity (Wildman–Crippen MR) is 244 cm³/mol.